The number of carbonyl (C=O) groups excluding carboxylic acids is 1. The molecule has 0 radical (unpaired) electrons. The number of hydrogen-bond acceptors (Lipinski definition) is 4. The van der Waals surface area contributed by atoms with Gasteiger partial charge >= 0.3 is 0 Å². The lowest BCUT2D eigenvalue weighted by molar-refractivity contribution is -0.117. The molecule has 0 heterocycles. The van der Waals surface area contributed by atoms with E-state index < -0.39 is 5.91 Å². The molecule has 0 bridgehead atoms. The van der Waals surface area contributed by atoms with Gasteiger partial charge in [0.2, 0.25) is 0 Å². The second kappa shape index (κ2) is 10.7. The van der Waals surface area contributed by atoms with E-state index in [-0.39, 0.29) is 11.6 Å². The van der Waals surface area contributed by atoms with Crippen molar-refractivity contribution in [2.75, 3.05) is 20.3 Å². The molecule has 1 amide bonds. The van der Waals surface area contributed by atoms with E-state index in [0.717, 1.165) is 11.1 Å². The summed E-state index contributed by atoms with van der Waals surface area (Å²) in [5, 5.41) is 15.2. The Morgan fingerprint density at radius 2 is 1.69 bits per heavy atom. The molecule has 0 saturated heterocycles. The topological polar surface area (TPSA) is 74.1 Å². The molecule has 0 spiro atoms. The Labute approximate surface area is 154 Å². The molecule has 2 rings (SSSR count). The van der Waals surface area contributed by atoms with Crippen molar-refractivity contribution in [2.24, 2.45) is 0 Å². The number of ether oxygens (including phenoxy) is 1. The number of nitriles is 1. The van der Waals surface area contributed by atoms with Gasteiger partial charge in [-0.05, 0) is 17.5 Å². The van der Waals surface area contributed by atoms with Gasteiger partial charge in [0.15, 0.2) is 0 Å². The molecule has 0 aliphatic heterocycles. The van der Waals surface area contributed by atoms with E-state index >= 15 is 0 Å². The number of hydrogen-bond donors (Lipinski definition) is 2. The van der Waals surface area contributed by atoms with E-state index in [1.54, 1.807) is 7.11 Å². The zero-order valence-corrected chi connectivity index (χ0v) is 14.8. The SMILES string of the molecule is COCCCNC(=O)/C(C#N)=C\NC(c1ccccc1)c1ccccc1. The summed E-state index contributed by atoms with van der Waals surface area (Å²) >= 11 is 0. The molecule has 2 N–H and O–H groups in total. The van der Waals surface area contributed by atoms with Crippen LogP contribution in [0, 0.1) is 11.3 Å². The van der Waals surface area contributed by atoms with Crippen LogP contribution in [-0.2, 0) is 9.53 Å². The Bertz CT molecular complexity index is 712. The van der Waals surface area contributed by atoms with Crippen molar-refractivity contribution in [1.82, 2.24) is 10.6 Å². The lowest BCUT2D eigenvalue weighted by atomic mass is 9.99. The average molecular weight is 349 g/mol. The molecule has 2 aromatic rings. The third-order valence-electron chi connectivity index (χ3n) is 3.84. The molecule has 0 fully saturated rings. The summed E-state index contributed by atoms with van der Waals surface area (Å²) < 4.78 is 4.94. The van der Waals surface area contributed by atoms with Crippen LogP contribution in [0.4, 0.5) is 0 Å². The maximum absolute atomic E-state index is 12.1. The van der Waals surface area contributed by atoms with E-state index in [0.29, 0.717) is 19.6 Å². The van der Waals surface area contributed by atoms with Crippen LogP contribution in [0.1, 0.15) is 23.6 Å². The van der Waals surface area contributed by atoms with Gasteiger partial charge in [0.05, 0.1) is 6.04 Å². The quantitative estimate of drug-likeness (QED) is 0.415. The Balaban J connectivity index is 2.13. The first-order chi connectivity index (χ1) is 12.8. The predicted octanol–water partition coefficient (Wildman–Crippen LogP) is 2.93. The minimum absolute atomic E-state index is 0.0410. The van der Waals surface area contributed by atoms with Crippen LogP contribution in [0.3, 0.4) is 0 Å². The second-order valence-electron chi connectivity index (χ2n) is 5.69. The maximum atomic E-state index is 12.1. The first kappa shape index (κ1) is 19.2. The Morgan fingerprint density at radius 3 is 2.19 bits per heavy atom. The number of nitrogens with one attached hydrogen (secondary N) is 2. The molecule has 0 saturated carbocycles. The lowest BCUT2D eigenvalue weighted by Gasteiger charge is -2.19. The lowest BCUT2D eigenvalue weighted by Crippen LogP contribution is -2.28. The van der Waals surface area contributed by atoms with Crippen molar-refractivity contribution in [3.63, 3.8) is 0 Å². The number of methoxy groups -OCH3 is 1. The normalized spacial score (nSPS) is 11.0. The summed E-state index contributed by atoms with van der Waals surface area (Å²) in [7, 11) is 1.61. The van der Waals surface area contributed by atoms with Crippen molar-refractivity contribution < 1.29 is 9.53 Å². The fraction of sp³-hybridized carbons (Fsp3) is 0.238. The van der Waals surface area contributed by atoms with Gasteiger partial charge in [0, 0.05) is 26.5 Å². The number of nitrogens with zero attached hydrogens (tertiary/aromatic N) is 1. The van der Waals surface area contributed by atoms with Crippen LogP contribution in [-0.4, -0.2) is 26.2 Å². The first-order valence-corrected chi connectivity index (χ1v) is 8.49. The van der Waals surface area contributed by atoms with E-state index in [2.05, 4.69) is 10.6 Å². The van der Waals surface area contributed by atoms with Crippen LogP contribution in [0.15, 0.2) is 72.4 Å². The summed E-state index contributed by atoms with van der Waals surface area (Å²) in [4.78, 5) is 12.1. The predicted molar refractivity (Wildman–Crippen MR) is 101 cm³/mol. The summed E-state index contributed by atoms with van der Waals surface area (Å²) in [5.74, 6) is -0.393. The number of benzene rings is 2. The van der Waals surface area contributed by atoms with Gasteiger partial charge in [-0.25, -0.2) is 0 Å². The summed E-state index contributed by atoms with van der Waals surface area (Å²) in [6, 6.07) is 21.6. The number of amides is 1. The molecular weight excluding hydrogens is 326 g/mol. The zero-order chi connectivity index (χ0) is 18.6. The van der Waals surface area contributed by atoms with Gasteiger partial charge in [0.1, 0.15) is 11.6 Å². The molecule has 0 aromatic heterocycles. The highest BCUT2D eigenvalue weighted by Gasteiger charge is 2.14. The fourth-order valence-corrected chi connectivity index (χ4v) is 2.50. The highest BCUT2D eigenvalue weighted by molar-refractivity contribution is 5.97. The number of rotatable bonds is 9. The molecule has 0 aliphatic carbocycles. The zero-order valence-electron chi connectivity index (χ0n) is 14.8. The van der Waals surface area contributed by atoms with Crippen LogP contribution in [0.25, 0.3) is 0 Å². The summed E-state index contributed by atoms with van der Waals surface area (Å²) in [6.45, 7) is 1.03. The van der Waals surface area contributed by atoms with Crippen molar-refractivity contribution >= 4 is 5.91 Å². The average Bonchev–Trinajstić information content (AvgIpc) is 2.70. The Morgan fingerprint density at radius 1 is 1.12 bits per heavy atom. The smallest absolute Gasteiger partial charge is 0.263 e. The van der Waals surface area contributed by atoms with Crippen LogP contribution >= 0.6 is 0 Å². The summed E-state index contributed by atoms with van der Waals surface area (Å²) in [5.41, 5.74) is 2.14. The van der Waals surface area contributed by atoms with Gasteiger partial charge in [-0.2, -0.15) is 5.26 Å². The van der Waals surface area contributed by atoms with Crippen molar-refractivity contribution in [1.29, 1.82) is 5.26 Å². The van der Waals surface area contributed by atoms with Gasteiger partial charge < -0.3 is 15.4 Å². The molecule has 5 nitrogen and oxygen atoms in total. The van der Waals surface area contributed by atoms with E-state index in [1.807, 2.05) is 66.7 Å². The fourth-order valence-electron chi connectivity index (χ4n) is 2.50. The molecule has 0 aliphatic rings. The van der Waals surface area contributed by atoms with Gasteiger partial charge in [-0.15, -0.1) is 0 Å². The molecular formula is C21H23N3O2. The molecule has 0 unspecified atom stereocenters. The first-order valence-electron chi connectivity index (χ1n) is 8.49. The minimum atomic E-state index is -0.393. The molecule has 2 aromatic carbocycles. The van der Waals surface area contributed by atoms with E-state index in [4.69, 9.17) is 4.74 Å². The number of carbonyl (C=O) groups is 1. The third kappa shape index (κ3) is 5.76. The standard InChI is InChI=1S/C21H23N3O2/c1-26-14-8-13-23-21(25)19(15-22)16-24-20(17-9-4-2-5-10-17)18-11-6-3-7-12-18/h2-7,9-12,16,20,24H,8,13-14H2,1H3,(H,23,25)/b19-16-. The van der Waals surface area contributed by atoms with Crippen LogP contribution in [0.5, 0.6) is 0 Å². The van der Waals surface area contributed by atoms with Gasteiger partial charge in [0.25, 0.3) is 5.91 Å². The highest BCUT2D eigenvalue weighted by Crippen LogP contribution is 2.21. The van der Waals surface area contributed by atoms with Crippen LogP contribution in [0.2, 0.25) is 0 Å². The van der Waals surface area contributed by atoms with Crippen LogP contribution < -0.4 is 10.6 Å². The van der Waals surface area contributed by atoms with Crippen molar-refractivity contribution in [3.05, 3.63) is 83.6 Å². The minimum Gasteiger partial charge on any atom is -0.385 e. The molecule has 0 atom stereocenters. The van der Waals surface area contributed by atoms with Gasteiger partial charge in [-0.3, -0.25) is 4.79 Å². The highest BCUT2D eigenvalue weighted by atomic mass is 16.5. The van der Waals surface area contributed by atoms with E-state index in [1.165, 1.54) is 6.20 Å². The van der Waals surface area contributed by atoms with Crippen molar-refractivity contribution in [2.45, 2.75) is 12.5 Å². The molecule has 5 heteroatoms. The Kier molecular flexibility index (Phi) is 7.91. The van der Waals surface area contributed by atoms with E-state index in [9.17, 15) is 10.1 Å². The summed E-state index contributed by atoms with van der Waals surface area (Å²) in [6.07, 6.45) is 2.18. The van der Waals surface area contributed by atoms with Crippen molar-refractivity contribution in [3.8, 4) is 6.07 Å². The maximum Gasteiger partial charge on any atom is 0.263 e. The monoisotopic (exact) mass is 349 g/mol. The van der Waals surface area contributed by atoms with Gasteiger partial charge in [-0.1, -0.05) is 60.7 Å². The Hall–Kier alpha value is -3.10. The third-order valence-corrected chi connectivity index (χ3v) is 3.84. The second-order valence-corrected chi connectivity index (χ2v) is 5.69. The molecule has 26 heavy (non-hydrogen) atoms. The largest absolute Gasteiger partial charge is 0.385 e. The molecule has 134 valence electrons.